The van der Waals surface area contributed by atoms with E-state index in [9.17, 15) is 4.79 Å². The van der Waals surface area contributed by atoms with Crippen LogP contribution in [-0.2, 0) is 14.3 Å². The maximum Gasteiger partial charge on any atom is 0.309 e. The molecule has 1 heterocycles. The summed E-state index contributed by atoms with van der Waals surface area (Å²) >= 11 is 0. The molecule has 1 rings (SSSR count). The van der Waals surface area contributed by atoms with Crippen molar-refractivity contribution < 1.29 is 14.3 Å². The standard InChI is InChI=1S/C14H26O3/c1-4-12(5-2)14(15)17-11(3)8-9-13-7-6-10-16-13/h11-13H,4-10H2,1-3H3/t11-,13-/m1/s1. The number of carbonyl (C=O) groups excluding carboxylic acids is 1. The summed E-state index contributed by atoms with van der Waals surface area (Å²) in [5.41, 5.74) is 0. The molecule has 0 aromatic carbocycles. The van der Waals surface area contributed by atoms with Crippen LogP contribution in [0.4, 0.5) is 0 Å². The molecule has 0 amide bonds. The summed E-state index contributed by atoms with van der Waals surface area (Å²) in [6, 6.07) is 0. The lowest BCUT2D eigenvalue weighted by atomic mass is 10.0. The van der Waals surface area contributed by atoms with Crippen molar-refractivity contribution in [2.24, 2.45) is 5.92 Å². The number of ether oxygens (including phenoxy) is 2. The van der Waals surface area contributed by atoms with E-state index < -0.39 is 0 Å². The molecule has 0 aliphatic carbocycles. The predicted molar refractivity (Wildman–Crippen MR) is 67.8 cm³/mol. The zero-order chi connectivity index (χ0) is 12.7. The summed E-state index contributed by atoms with van der Waals surface area (Å²) < 4.78 is 11.0. The van der Waals surface area contributed by atoms with Crippen molar-refractivity contribution in [3.05, 3.63) is 0 Å². The summed E-state index contributed by atoms with van der Waals surface area (Å²) in [5, 5.41) is 0. The van der Waals surface area contributed by atoms with Crippen molar-refractivity contribution in [1.82, 2.24) is 0 Å². The second-order valence-electron chi connectivity index (χ2n) is 4.97. The van der Waals surface area contributed by atoms with Gasteiger partial charge in [-0.05, 0) is 45.4 Å². The van der Waals surface area contributed by atoms with Crippen molar-refractivity contribution in [1.29, 1.82) is 0 Å². The minimum atomic E-state index is -0.0326. The molecule has 0 radical (unpaired) electrons. The van der Waals surface area contributed by atoms with E-state index in [1.165, 1.54) is 6.42 Å². The lowest BCUT2D eigenvalue weighted by molar-refractivity contribution is -0.154. The van der Waals surface area contributed by atoms with Crippen LogP contribution >= 0.6 is 0 Å². The first-order chi connectivity index (χ1) is 8.17. The first kappa shape index (κ1) is 14.5. The van der Waals surface area contributed by atoms with Gasteiger partial charge < -0.3 is 9.47 Å². The highest BCUT2D eigenvalue weighted by Crippen LogP contribution is 2.19. The summed E-state index contributed by atoms with van der Waals surface area (Å²) in [6.45, 7) is 6.95. The number of hydrogen-bond donors (Lipinski definition) is 0. The highest BCUT2D eigenvalue weighted by atomic mass is 16.5. The molecule has 100 valence electrons. The summed E-state index contributed by atoms with van der Waals surface area (Å²) in [7, 11) is 0. The Morgan fingerprint density at radius 2 is 2.12 bits per heavy atom. The van der Waals surface area contributed by atoms with Gasteiger partial charge in [0.25, 0.3) is 0 Å². The number of esters is 1. The predicted octanol–water partition coefficient (Wildman–Crippen LogP) is 3.31. The molecule has 0 saturated carbocycles. The lowest BCUT2D eigenvalue weighted by Crippen LogP contribution is -2.23. The molecule has 1 fully saturated rings. The van der Waals surface area contributed by atoms with Crippen LogP contribution in [0.15, 0.2) is 0 Å². The van der Waals surface area contributed by atoms with Gasteiger partial charge in [0.1, 0.15) is 0 Å². The molecule has 3 heteroatoms. The van der Waals surface area contributed by atoms with Crippen LogP contribution in [-0.4, -0.2) is 24.8 Å². The maximum atomic E-state index is 11.8. The molecule has 1 aliphatic rings. The van der Waals surface area contributed by atoms with Crippen LogP contribution in [0.3, 0.4) is 0 Å². The van der Waals surface area contributed by atoms with Gasteiger partial charge in [0.2, 0.25) is 0 Å². The Balaban J connectivity index is 2.18. The van der Waals surface area contributed by atoms with E-state index in [-0.39, 0.29) is 18.0 Å². The van der Waals surface area contributed by atoms with Crippen LogP contribution in [0.5, 0.6) is 0 Å². The largest absolute Gasteiger partial charge is 0.462 e. The molecule has 0 unspecified atom stereocenters. The lowest BCUT2D eigenvalue weighted by Gasteiger charge is -2.18. The van der Waals surface area contributed by atoms with Crippen molar-refractivity contribution in [3.63, 3.8) is 0 Å². The van der Waals surface area contributed by atoms with Gasteiger partial charge in [0.15, 0.2) is 0 Å². The van der Waals surface area contributed by atoms with E-state index in [1.807, 2.05) is 20.8 Å². The van der Waals surface area contributed by atoms with E-state index in [2.05, 4.69) is 0 Å². The number of hydrogen-bond acceptors (Lipinski definition) is 3. The van der Waals surface area contributed by atoms with Crippen molar-refractivity contribution >= 4 is 5.97 Å². The van der Waals surface area contributed by atoms with Gasteiger partial charge >= 0.3 is 5.97 Å². The molecule has 17 heavy (non-hydrogen) atoms. The van der Waals surface area contributed by atoms with Crippen LogP contribution in [0.25, 0.3) is 0 Å². The van der Waals surface area contributed by atoms with Gasteiger partial charge in [-0.2, -0.15) is 0 Å². The monoisotopic (exact) mass is 242 g/mol. The SMILES string of the molecule is CCC(CC)C(=O)O[C@H](C)CC[C@H]1CCCO1. The van der Waals surface area contributed by atoms with Crippen molar-refractivity contribution in [2.75, 3.05) is 6.61 Å². The quantitative estimate of drug-likeness (QED) is 0.642. The minimum absolute atomic E-state index is 0.0206. The zero-order valence-corrected chi connectivity index (χ0v) is 11.4. The van der Waals surface area contributed by atoms with E-state index in [1.54, 1.807) is 0 Å². The summed E-state index contributed by atoms with van der Waals surface area (Å²) in [6.07, 6.45) is 6.41. The third kappa shape index (κ3) is 5.07. The fourth-order valence-electron chi connectivity index (χ4n) is 2.27. The Morgan fingerprint density at radius 3 is 2.65 bits per heavy atom. The molecule has 0 N–H and O–H groups in total. The molecule has 0 spiro atoms. The molecule has 3 nitrogen and oxygen atoms in total. The van der Waals surface area contributed by atoms with Gasteiger partial charge in [0, 0.05) is 6.61 Å². The van der Waals surface area contributed by atoms with Gasteiger partial charge in [0.05, 0.1) is 18.1 Å². The Hall–Kier alpha value is -0.570. The van der Waals surface area contributed by atoms with E-state index >= 15 is 0 Å². The topological polar surface area (TPSA) is 35.5 Å². The third-order valence-electron chi connectivity index (χ3n) is 3.56. The third-order valence-corrected chi connectivity index (χ3v) is 3.56. The first-order valence-corrected chi connectivity index (χ1v) is 6.99. The smallest absolute Gasteiger partial charge is 0.309 e. The molecule has 0 aromatic rings. The molecule has 1 aliphatic heterocycles. The molecule has 0 aromatic heterocycles. The van der Waals surface area contributed by atoms with Crippen LogP contribution in [0.2, 0.25) is 0 Å². The Kier molecular flexibility index (Phi) is 6.56. The zero-order valence-electron chi connectivity index (χ0n) is 11.4. The number of carbonyl (C=O) groups is 1. The van der Waals surface area contributed by atoms with Gasteiger partial charge in [-0.1, -0.05) is 13.8 Å². The fraction of sp³-hybridized carbons (Fsp3) is 0.929. The van der Waals surface area contributed by atoms with Gasteiger partial charge in [-0.3, -0.25) is 4.79 Å². The molecule has 2 atom stereocenters. The first-order valence-electron chi connectivity index (χ1n) is 6.99. The normalized spacial score (nSPS) is 21.8. The molecular formula is C14H26O3. The highest BCUT2D eigenvalue weighted by molar-refractivity contribution is 5.72. The molecule has 1 saturated heterocycles. The van der Waals surface area contributed by atoms with Crippen molar-refractivity contribution in [2.45, 2.75) is 71.5 Å². The summed E-state index contributed by atoms with van der Waals surface area (Å²) in [4.78, 5) is 11.8. The Morgan fingerprint density at radius 1 is 1.41 bits per heavy atom. The number of rotatable bonds is 7. The highest BCUT2D eigenvalue weighted by Gasteiger charge is 2.20. The van der Waals surface area contributed by atoms with E-state index in [0.717, 1.165) is 38.7 Å². The van der Waals surface area contributed by atoms with E-state index in [0.29, 0.717) is 6.10 Å². The second kappa shape index (κ2) is 7.70. The average molecular weight is 242 g/mol. The van der Waals surface area contributed by atoms with Gasteiger partial charge in [-0.15, -0.1) is 0 Å². The molecule has 0 bridgehead atoms. The Bertz CT molecular complexity index is 218. The van der Waals surface area contributed by atoms with Crippen LogP contribution < -0.4 is 0 Å². The summed E-state index contributed by atoms with van der Waals surface area (Å²) in [5.74, 6) is 0.0371. The fourth-order valence-corrected chi connectivity index (χ4v) is 2.27. The van der Waals surface area contributed by atoms with E-state index in [4.69, 9.17) is 9.47 Å². The van der Waals surface area contributed by atoms with Gasteiger partial charge in [-0.25, -0.2) is 0 Å². The van der Waals surface area contributed by atoms with Crippen molar-refractivity contribution in [3.8, 4) is 0 Å². The Labute approximate surface area is 105 Å². The molecular weight excluding hydrogens is 216 g/mol. The van der Waals surface area contributed by atoms with Crippen LogP contribution in [0, 0.1) is 5.92 Å². The maximum absolute atomic E-state index is 11.8. The second-order valence-corrected chi connectivity index (χ2v) is 4.97. The minimum Gasteiger partial charge on any atom is -0.462 e. The van der Waals surface area contributed by atoms with Crippen LogP contribution in [0.1, 0.15) is 59.3 Å². The average Bonchev–Trinajstić information content (AvgIpc) is 2.81.